The van der Waals surface area contributed by atoms with Crippen molar-refractivity contribution in [3.8, 4) is 22.3 Å². The second-order valence-corrected chi connectivity index (χ2v) is 6.43. The smallest absolute Gasteiger partial charge is 0.264 e. The summed E-state index contributed by atoms with van der Waals surface area (Å²) in [6.07, 6.45) is 2.92. The number of carbonyl (C=O) groups is 1. The summed E-state index contributed by atoms with van der Waals surface area (Å²) in [4.78, 5) is 13.1. The van der Waals surface area contributed by atoms with Crippen LogP contribution in [0.3, 0.4) is 0 Å². The quantitative estimate of drug-likeness (QED) is 0.366. The topological polar surface area (TPSA) is 43.4 Å². The summed E-state index contributed by atoms with van der Waals surface area (Å²) in [6, 6.07) is 18.0. The fraction of sp³-hybridized carbons (Fsp3) is 0. The summed E-state index contributed by atoms with van der Waals surface area (Å²) in [5, 5.41) is 1.07. The Balaban J connectivity index is 1.81. The van der Waals surface area contributed by atoms with Crippen molar-refractivity contribution in [2.75, 3.05) is 0 Å². The molecule has 2 aromatic carbocycles. The Kier molecular flexibility index (Phi) is 4.41. The van der Waals surface area contributed by atoms with E-state index >= 15 is 0 Å². The number of hydrogen-bond donors (Lipinski definition) is 0. The second kappa shape index (κ2) is 6.87. The van der Waals surface area contributed by atoms with Gasteiger partial charge in [-0.2, -0.15) is 0 Å². The van der Waals surface area contributed by atoms with E-state index in [4.69, 9.17) is 32.0 Å². The Bertz CT molecular complexity index is 1010. The van der Waals surface area contributed by atoms with Gasteiger partial charge in [0.05, 0.1) is 12.5 Å². The minimum Gasteiger partial charge on any atom is -0.460 e. The Hall–Kier alpha value is -2.75. The first kappa shape index (κ1) is 16.7. The largest absolute Gasteiger partial charge is 0.460 e. The first-order chi connectivity index (χ1) is 12.7. The Morgan fingerprint density at radius 3 is 1.46 bits per heavy atom. The number of benzene rings is 2. The van der Waals surface area contributed by atoms with Gasteiger partial charge in [0.2, 0.25) is 0 Å². The highest BCUT2D eigenvalue weighted by Crippen LogP contribution is 2.36. The van der Waals surface area contributed by atoms with E-state index in [1.165, 1.54) is 12.5 Å². The SMILES string of the molecule is O=C(c1occc1-c1ccccc1Cl)c1occc1-c1ccccc1Cl. The van der Waals surface area contributed by atoms with E-state index < -0.39 is 0 Å². The predicted octanol–water partition coefficient (Wildman–Crippen LogP) is 6.74. The van der Waals surface area contributed by atoms with Crippen LogP contribution in [-0.2, 0) is 0 Å². The zero-order chi connectivity index (χ0) is 18.1. The molecule has 0 bridgehead atoms. The van der Waals surface area contributed by atoms with Crippen molar-refractivity contribution in [1.29, 1.82) is 0 Å². The second-order valence-electron chi connectivity index (χ2n) is 5.62. The van der Waals surface area contributed by atoms with Gasteiger partial charge < -0.3 is 8.83 Å². The molecule has 26 heavy (non-hydrogen) atoms. The molecule has 0 radical (unpaired) electrons. The van der Waals surface area contributed by atoms with Gasteiger partial charge in [-0.3, -0.25) is 4.79 Å². The van der Waals surface area contributed by atoms with Crippen molar-refractivity contribution >= 4 is 29.0 Å². The molecule has 4 rings (SSSR count). The van der Waals surface area contributed by atoms with Crippen LogP contribution in [0.15, 0.2) is 82.0 Å². The van der Waals surface area contributed by atoms with Crippen LogP contribution in [0.5, 0.6) is 0 Å². The maximum absolute atomic E-state index is 13.1. The molecule has 0 saturated carbocycles. The van der Waals surface area contributed by atoms with Crippen LogP contribution < -0.4 is 0 Å². The standard InChI is InChI=1S/C21H12Cl2O3/c22-17-7-3-1-5-13(17)15-9-11-25-20(15)19(24)21-16(10-12-26-21)14-6-2-4-8-18(14)23/h1-12H. The highest BCUT2D eigenvalue weighted by molar-refractivity contribution is 6.34. The molecule has 4 aromatic rings. The van der Waals surface area contributed by atoms with Crippen molar-refractivity contribution < 1.29 is 13.6 Å². The lowest BCUT2D eigenvalue weighted by atomic mass is 10.00. The third-order valence-electron chi connectivity index (χ3n) is 4.07. The molecule has 0 spiro atoms. The maximum atomic E-state index is 13.1. The summed E-state index contributed by atoms with van der Waals surface area (Å²) >= 11 is 12.5. The van der Waals surface area contributed by atoms with E-state index in [0.29, 0.717) is 21.2 Å². The summed E-state index contributed by atoms with van der Waals surface area (Å²) in [5.41, 5.74) is 2.67. The van der Waals surface area contributed by atoms with Crippen LogP contribution in [-0.4, -0.2) is 5.78 Å². The Morgan fingerprint density at radius 1 is 0.615 bits per heavy atom. The molecule has 0 saturated heterocycles. The molecule has 5 heteroatoms. The van der Waals surface area contributed by atoms with E-state index in [2.05, 4.69) is 0 Å². The molecule has 0 aliphatic carbocycles. The van der Waals surface area contributed by atoms with E-state index in [0.717, 1.165) is 11.1 Å². The van der Waals surface area contributed by atoms with Crippen LogP contribution in [0.1, 0.15) is 16.3 Å². The summed E-state index contributed by atoms with van der Waals surface area (Å²) in [5.74, 6) is -0.0347. The number of ketones is 1. The highest BCUT2D eigenvalue weighted by Gasteiger charge is 2.26. The molecule has 0 fully saturated rings. The predicted molar refractivity (Wildman–Crippen MR) is 102 cm³/mol. The average molecular weight is 383 g/mol. The zero-order valence-electron chi connectivity index (χ0n) is 13.4. The fourth-order valence-corrected chi connectivity index (χ4v) is 3.33. The number of furan rings is 2. The molecule has 0 amide bonds. The van der Waals surface area contributed by atoms with Gasteiger partial charge in [0.1, 0.15) is 0 Å². The van der Waals surface area contributed by atoms with Crippen LogP contribution in [0.2, 0.25) is 10.0 Å². The Morgan fingerprint density at radius 2 is 1.04 bits per heavy atom. The number of halogens is 2. The van der Waals surface area contributed by atoms with Gasteiger partial charge in [-0.05, 0) is 24.3 Å². The van der Waals surface area contributed by atoms with Gasteiger partial charge in [0.15, 0.2) is 11.5 Å². The normalized spacial score (nSPS) is 10.8. The zero-order valence-corrected chi connectivity index (χ0v) is 14.9. The van der Waals surface area contributed by atoms with Crippen molar-refractivity contribution in [2.45, 2.75) is 0 Å². The van der Waals surface area contributed by atoms with Gasteiger partial charge in [-0.25, -0.2) is 0 Å². The van der Waals surface area contributed by atoms with Gasteiger partial charge in [-0.15, -0.1) is 0 Å². The number of hydrogen-bond acceptors (Lipinski definition) is 3. The van der Waals surface area contributed by atoms with Crippen molar-refractivity contribution in [3.63, 3.8) is 0 Å². The lowest BCUT2D eigenvalue weighted by Gasteiger charge is -2.06. The lowest BCUT2D eigenvalue weighted by Crippen LogP contribution is -2.02. The minimum absolute atomic E-state index is 0.168. The monoisotopic (exact) mass is 382 g/mol. The number of rotatable bonds is 4. The molecule has 0 aliphatic rings. The van der Waals surface area contributed by atoms with E-state index in [1.807, 2.05) is 36.4 Å². The molecule has 3 nitrogen and oxygen atoms in total. The van der Waals surface area contributed by atoms with Crippen molar-refractivity contribution in [1.82, 2.24) is 0 Å². The van der Waals surface area contributed by atoms with Gasteiger partial charge >= 0.3 is 0 Å². The van der Waals surface area contributed by atoms with Gasteiger partial charge in [-0.1, -0.05) is 59.6 Å². The molecular weight excluding hydrogens is 371 g/mol. The number of carbonyl (C=O) groups excluding carboxylic acids is 1. The molecule has 0 N–H and O–H groups in total. The highest BCUT2D eigenvalue weighted by atomic mass is 35.5. The van der Waals surface area contributed by atoms with Crippen LogP contribution in [0.4, 0.5) is 0 Å². The molecular formula is C21H12Cl2O3. The lowest BCUT2D eigenvalue weighted by molar-refractivity contribution is 0.0985. The summed E-state index contributed by atoms with van der Waals surface area (Å²) in [6.45, 7) is 0. The fourth-order valence-electron chi connectivity index (χ4n) is 2.86. The summed E-state index contributed by atoms with van der Waals surface area (Å²) < 4.78 is 11.0. The van der Waals surface area contributed by atoms with Crippen molar-refractivity contribution in [2.24, 2.45) is 0 Å². The third-order valence-corrected chi connectivity index (χ3v) is 4.73. The molecule has 2 aromatic heterocycles. The first-order valence-corrected chi connectivity index (χ1v) is 8.62. The van der Waals surface area contributed by atoms with Crippen LogP contribution in [0.25, 0.3) is 22.3 Å². The summed E-state index contributed by atoms with van der Waals surface area (Å²) in [7, 11) is 0. The molecule has 0 atom stereocenters. The van der Waals surface area contributed by atoms with Gasteiger partial charge in [0.25, 0.3) is 5.78 Å². The molecule has 2 heterocycles. The van der Waals surface area contributed by atoms with Crippen molar-refractivity contribution in [3.05, 3.63) is 94.8 Å². The molecule has 0 aliphatic heterocycles. The van der Waals surface area contributed by atoms with Crippen LogP contribution in [0, 0.1) is 0 Å². The van der Waals surface area contributed by atoms with E-state index in [1.54, 1.807) is 24.3 Å². The average Bonchev–Trinajstić information content (AvgIpc) is 3.31. The minimum atomic E-state index is -0.371. The Labute approximate surface area is 159 Å². The third kappa shape index (κ3) is 2.85. The van der Waals surface area contributed by atoms with E-state index in [-0.39, 0.29) is 17.3 Å². The van der Waals surface area contributed by atoms with E-state index in [9.17, 15) is 4.79 Å². The first-order valence-electron chi connectivity index (χ1n) is 7.86. The maximum Gasteiger partial charge on any atom is 0.264 e. The molecule has 128 valence electrons. The van der Waals surface area contributed by atoms with Gasteiger partial charge in [0, 0.05) is 32.3 Å². The molecule has 0 unspecified atom stereocenters. The van der Waals surface area contributed by atoms with Crippen LogP contribution >= 0.6 is 23.2 Å².